The molecule has 8 nitrogen and oxygen atoms in total. The molecule has 0 amide bonds. The summed E-state index contributed by atoms with van der Waals surface area (Å²) in [6, 6.07) is 7.34. The molecule has 0 saturated heterocycles. The number of hydrazone groups is 1. The Bertz CT molecular complexity index is 1140. The summed E-state index contributed by atoms with van der Waals surface area (Å²) in [5.41, 5.74) is 4.31. The molecule has 0 spiro atoms. The lowest BCUT2D eigenvalue weighted by Gasteiger charge is -2.10. The van der Waals surface area contributed by atoms with Crippen molar-refractivity contribution in [3.63, 3.8) is 0 Å². The summed E-state index contributed by atoms with van der Waals surface area (Å²) in [5.74, 6) is 0.854. The number of hydrogen-bond acceptors (Lipinski definition) is 5. The van der Waals surface area contributed by atoms with Gasteiger partial charge in [0.1, 0.15) is 0 Å². The number of H-pyrrole nitrogens is 1. The van der Waals surface area contributed by atoms with Gasteiger partial charge in [-0.2, -0.15) is 10.1 Å². The number of halogens is 1. The number of aromatic amines is 1. The molecule has 0 unspecified atom stereocenters. The number of aryl methyl sites for hydroxylation is 2. The van der Waals surface area contributed by atoms with Gasteiger partial charge in [-0.1, -0.05) is 37.6 Å². The van der Waals surface area contributed by atoms with Gasteiger partial charge in [0.15, 0.2) is 11.2 Å². The molecule has 0 atom stereocenters. The monoisotopic (exact) mass is 402 g/mol. The van der Waals surface area contributed by atoms with Crippen molar-refractivity contribution in [2.75, 3.05) is 5.43 Å². The van der Waals surface area contributed by atoms with Crippen LogP contribution in [0.4, 0.5) is 5.95 Å². The smallest absolute Gasteiger partial charge is 0.303 e. The third-order valence-electron chi connectivity index (χ3n) is 4.52. The first kappa shape index (κ1) is 19.9. The first-order valence-corrected chi connectivity index (χ1v) is 9.41. The fourth-order valence-corrected chi connectivity index (χ4v) is 2.94. The molecule has 0 bridgehead atoms. The van der Waals surface area contributed by atoms with Gasteiger partial charge in [0.2, 0.25) is 5.95 Å². The second kappa shape index (κ2) is 8.02. The lowest BCUT2D eigenvalue weighted by Crippen LogP contribution is -2.29. The summed E-state index contributed by atoms with van der Waals surface area (Å²) >= 11 is 5.93. The van der Waals surface area contributed by atoms with Gasteiger partial charge in [0.25, 0.3) is 5.56 Å². The molecule has 0 fully saturated rings. The minimum Gasteiger partial charge on any atom is -0.303 e. The highest BCUT2D eigenvalue weighted by atomic mass is 35.5. The number of nitrogens with one attached hydrogen (secondary N) is 2. The van der Waals surface area contributed by atoms with E-state index in [-0.39, 0.29) is 0 Å². The van der Waals surface area contributed by atoms with Crippen LogP contribution in [0.25, 0.3) is 11.2 Å². The number of fused-ring (bicyclic) bond motifs is 1. The Morgan fingerprint density at radius 2 is 1.96 bits per heavy atom. The lowest BCUT2D eigenvalue weighted by molar-refractivity contribution is 0.524. The highest BCUT2D eigenvalue weighted by molar-refractivity contribution is 6.30. The normalized spacial score (nSPS) is 12.1. The molecule has 3 aromatic rings. The number of aromatic nitrogens is 4. The number of hydrogen-bond donors (Lipinski definition) is 2. The third kappa shape index (κ3) is 4.01. The van der Waals surface area contributed by atoms with Crippen LogP contribution in [-0.4, -0.2) is 24.8 Å². The third-order valence-corrected chi connectivity index (χ3v) is 4.77. The van der Waals surface area contributed by atoms with Crippen molar-refractivity contribution >= 4 is 34.4 Å². The predicted octanol–water partition coefficient (Wildman–Crippen LogP) is 2.96. The van der Waals surface area contributed by atoms with E-state index in [0.717, 1.165) is 17.7 Å². The minimum absolute atomic E-state index is 0.319. The van der Waals surface area contributed by atoms with Gasteiger partial charge in [-0.15, -0.1) is 0 Å². The highest BCUT2D eigenvalue weighted by Crippen LogP contribution is 2.18. The Labute approximate surface area is 166 Å². The van der Waals surface area contributed by atoms with E-state index in [4.69, 9.17) is 11.6 Å². The van der Waals surface area contributed by atoms with Crippen LogP contribution in [0.15, 0.2) is 39.0 Å². The van der Waals surface area contributed by atoms with Crippen LogP contribution < -0.4 is 16.7 Å². The Morgan fingerprint density at radius 1 is 1.29 bits per heavy atom. The zero-order valence-electron chi connectivity index (χ0n) is 16.3. The maximum Gasteiger partial charge on any atom is 0.329 e. The zero-order valence-corrected chi connectivity index (χ0v) is 17.0. The first-order chi connectivity index (χ1) is 13.3. The predicted molar refractivity (Wildman–Crippen MR) is 112 cm³/mol. The zero-order chi connectivity index (χ0) is 20.4. The van der Waals surface area contributed by atoms with Gasteiger partial charge in [-0.3, -0.25) is 14.3 Å². The number of benzene rings is 1. The highest BCUT2D eigenvalue weighted by Gasteiger charge is 2.17. The second-order valence-electron chi connectivity index (χ2n) is 7.08. The van der Waals surface area contributed by atoms with Gasteiger partial charge in [-0.05, 0) is 37.0 Å². The summed E-state index contributed by atoms with van der Waals surface area (Å²) in [5, 5.41) is 5.05. The number of imidazole rings is 1. The van der Waals surface area contributed by atoms with E-state index >= 15 is 0 Å². The minimum atomic E-state index is -0.501. The van der Waals surface area contributed by atoms with Crippen molar-refractivity contribution in [2.24, 2.45) is 18.1 Å². The average molecular weight is 403 g/mol. The molecule has 0 radical (unpaired) electrons. The van der Waals surface area contributed by atoms with E-state index in [1.165, 1.54) is 4.57 Å². The molecule has 9 heteroatoms. The van der Waals surface area contributed by atoms with Crippen LogP contribution in [0.3, 0.4) is 0 Å². The van der Waals surface area contributed by atoms with Crippen molar-refractivity contribution in [1.82, 2.24) is 19.1 Å². The molecular formula is C19H23ClN6O2. The molecule has 2 N–H and O–H groups in total. The van der Waals surface area contributed by atoms with Crippen molar-refractivity contribution in [1.29, 1.82) is 0 Å². The van der Waals surface area contributed by atoms with E-state index in [9.17, 15) is 9.59 Å². The molecular weight excluding hydrogens is 380 g/mol. The molecule has 2 heterocycles. The topological polar surface area (TPSA) is 97.1 Å². The standard InChI is InChI=1S/C19H23ClN6O2/c1-11(2)9-10-26-15-16(25(4)19(28)22-17(15)27)21-18(26)24-23-12(3)13-5-7-14(20)8-6-13/h5-8,11H,9-10H2,1-4H3,(H,21,24)(H,22,27,28). The van der Waals surface area contributed by atoms with Crippen LogP contribution >= 0.6 is 11.6 Å². The molecule has 0 saturated carbocycles. The van der Waals surface area contributed by atoms with Crippen molar-refractivity contribution in [3.05, 3.63) is 55.7 Å². The molecule has 2 aromatic heterocycles. The quantitative estimate of drug-likeness (QED) is 0.489. The Morgan fingerprint density at radius 3 is 2.61 bits per heavy atom. The molecule has 0 aliphatic heterocycles. The van der Waals surface area contributed by atoms with Crippen LogP contribution in [0, 0.1) is 5.92 Å². The maximum absolute atomic E-state index is 12.4. The van der Waals surface area contributed by atoms with E-state index in [1.807, 2.05) is 19.1 Å². The van der Waals surface area contributed by atoms with Crippen LogP contribution in [0.2, 0.25) is 5.02 Å². The van der Waals surface area contributed by atoms with E-state index in [1.54, 1.807) is 23.7 Å². The molecule has 3 rings (SSSR count). The lowest BCUT2D eigenvalue weighted by atomic mass is 10.1. The maximum atomic E-state index is 12.4. The van der Waals surface area contributed by atoms with Gasteiger partial charge in [-0.25, -0.2) is 10.2 Å². The summed E-state index contributed by atoms with van der Waals surface area (Å²) in [4.78, 5) is 31.1. The van der Waals surface area contributed by atoms with Gasteiger partial charge in [0, 0.05) is 18.6 Å². The van der Waals surface area contributed by atoms with Crippen molar-refractivity contribution in [2.45, 2.75) is 33.7 Å². The fraction of sp³-hybridized carbons (Fsp3) is 0.368. The number of anilines is 1. The Kier molecular flexibility index (Phi) is 5.69. The summed E-state index contributed by atoms with van der Waals surface area (Å²) in [6.07, 6.45) is 0.850. The number of rotatable bonds is 6. The van der Waals surface area contributed by atoms with Gasteiger partial charge < -0.3 is 4.57 Å². The summed E-state index contributed by atoms with van der Waals surface area (Å²) in [6.45, 7) is 6.65. The summed E-state index contributed by atoms with van der Waals surface area (Å²) < 4.78 is 3.09. The van der Waals surface area contributed by atoms with Gasteiger partial charge >= 0.3 is 5.69 Å². The largest absolute Gasteiger partial charge is 0.329 e. The van der Waals surface area contributed by atoms with Gasteiger partial charge in [0.05, 0.1) is 5.71 Å². The van der Waals surface area contributed by atoms with Crippen LogP contribution in [0.1, 0.15) is 32.8 Å². The van der Waals surface area contributed by atoms with Crippen molar-refractivity contribution in [3.8, 4) is 0 Å². The second-order valence-corrected chi connectivity index (χ2v) is 7.51. The van der Waals surface area contributed by atoms with E-state index in [2.05, 4.69) is 34.3 Å². The molecule has 1 aromatic carbocycles. The van der Waals surface area contributed by atoms with Crippen LogP contribution in [-0.2, 0) is 13.6 Å². The first-order valence-electron chi connectivity index (χ1n) is 9.03. The van der Waals surface area contributed by atoms with Crippen LogP contribution in [0.5, 0.6) is 0 Å². The number of nitrogens with zero attached hydrogens (tertiary/aromatic N) is 4. The van der Waals surface area contributed by atoms with Crippen molar-refractivity contribution < 1.29 is 0 Å². The average Bonchev–Trinajstić information content (AvgIpc) is 3.02. The summed E-state index contributed by atoms with van der Waals surface area (Å²) in [7, 11) is 1.58. The molecule has 0 aliphatic carbocycles. The molecule has 148 valence electrons. The van der Waals surface area contributed by atoms with E-state index < -0.39 is 11.2 Å². The fourth-order valence-electron chi connectivity index (χ4n) is 2.81. The Hall–Kier alpha value is -2.87. The SMILES string of the molecule is CC(=NNc1nc2c(c(=O)[nH]c(=O)n2C)n1CCC(C)C)c1ccc(Cl)cc1. The van der Waals surface area contributed by atoms with E-state index in [0.29, 0.717) is 34.6 Å². The molecule has 0 aliphatic rings. The Balaban J connectivity index is 2.05. The molecule has 28 heavy (non-hydrogen) atoms.